The molecule has 0 atom stereocenters. The molecule has 1 N–H and O–H groups in total. The number of nitro benzene ring substituents is 1. The van der Waals surface area contributed by atoms with Crippen LogP contribution < -0.4 is 5.32 Å². The van der Waals surface area contributed by atoms with E-state index in [-0.39, 0.29) is 16.8 Å². The molecule has 3 amide bonds. The van der Waals surface area contributed by atoms with Crippen molar-refractivity contribution in [3.05, 3.63) is 87.5 Å². The van der Waals surface area contributed by atoms with Gasteiger partial charge in [0.25, 0.3) is 17.5 Å². The number of hydrogen-bond acceptors (Lipinski definition) is 7. The first-order valence-electron chi connectivity index (χ1n) is 10.2. The number of carbonyl (C=O) groups is 3. The molecule has 0 bridgehead atoms. The zero-order valence-electron chi connectivity index (χ0n) is 17.8. The maximum absolute atomic E-state index is 12.6. The van der Waals surface area contributed by atoms with Crippen molar-refractivity contribution in [2.75, 3.05) is 11.9 Å². The molecule has 0 radical (unpaired) electrons. The predicted molar refractivity (Wildman–Crippen MR) is 127 cm³/mol. The first-order chi connectivity index (χ1) is 16.3. The van der Waals surface area contributed by atoms with Crippen LogP contribution in [0.5, 0.6) is 0 Å². The molecule has 9 nitrogen and oxygen atoms in total. The summed E-state index contributed by atoms with van der Waals surface area (Å²) >= 11 is 1.58. The highest BCUT2D eigenvalue weighted by Gasteiger charge is 2.37. The minimum absolute atomic E-state index is 0.0405. The van der Waals surface area contributed by atoms with Gasteiger partial charge in [-0.25, -0.2) is 4.98 Å². The fourth-order valence-corrected chi connectivity index (χ4v) is 4.80. The quantitative estimate of drug-likeness (QED) is 0.261. The minimum Gasteiger partial charge on any atom is -0.325 e. The van der Waals surface area contributed by atoms with Gasteiger partial charge >= 0.3 is 0 Å². The summed E-state index contributed by atoms with van der Waals surface area (Å²) in [6, 6.07) is 16.6. The number of nitrogens with one attached hydrogen (secondary N) is 1. The van der Waals surface area contributed by atoms with E-state index in [1.807, 2.05) is 31.2 Å². The van der Waals surface area contributed by atoms with E-state index in [1.165, 1.54) is 6.07 Å². The molecule has 0 saturated carbocycles. The molecule has 1 aliphatic heterocycles. The van der Waals surface area contributed by atoms with Crippen LogP contribution in [0.15, 0.2) is 60.7 Å². The van der Waals surface area contributed by atoms with E-state index in [0.29, 0.717) is 5.69 Å². The van der Waals surface area contributed by atoms with Gasteiger partial charge in [0.15, 0.2) is 0 Å². The van der Waals surface area contributed by atoms with Crippen molar-refractivity contribution in [3.63, 3.8) is 0 Å². The Morgan fingerprint density at radius 3 is 2.50 bits per heavy atom. The van der Waals surface area contributed by atoms with E-state index in [0.717, 1.165) is 43.4 Å². The minimum atomic E-state index is -0.736. The van der Waals surface area contributed by atoms with E-state index in [4.69, 9.17) is 0 Å². The molecule has 1 aromatic heterocycles. The summed E-state index contributed by atoms with van der Waals surface area (Å²) < 4.78 is 1.10. The third-order valence-corrected chi connectivity index (χ3v) is 6.49. The number of benzene rings is 3. The summed E-state index contributed by atoms with van der Waals surface area (Å²) in [5.74, 6) is -1.96. The van der Waals surface area contributed by atoms with E-state index >= 15 is 0 Å². The molecule has 2 heterocycles. The van der Waals surface area contributed by atoms with Crippen molar-refractivity contribution < 1.29 is 19.3 Å². The lowest BCUT2D eigenvalue weighted by molar-refractivity contribution is -0.384. The number of carbonyl (C=O) groups excluding carboxylic acids is 3. The number of nitro groups is 1. The van der Waals surface area contributed by atoms with Gasteiger partial charge in [0.2, 0.25) is 5.91 Å². The topological polar surface area (TPSA) is 123 Å². The van der Waals surface area contributed by atoms with Crippen LogP contribution in [0.1, 0.15) is 26.3 Å². The Kier molecular flexibility index (Phi) is 5.14. The van der Waals surface area contributed by atoms with Crippen LogP contribution in [-0.2, 0) is 4.79 Å². The lowest BCUT2D eigenvalue weighted by Crippen LogP contribution is -2.37. The molecule has 34 heavy (non-hydrogen) atoms. The average Bonchev–Trinajstić information content (AvgIpc) is 3.34. The Bertz CT molecular complexity index is 1510. The van der Waals surface area contributed by atoms with Crippen molar-refractivity contribution in [2.45, 2.75) is 6.92 Å². The first-order valence-corrected chi connectivity index (χ1v) is 11.0. The Balaban J connectivity index is 1.28. The molecule has 0 unspecified atom stereocenters. The van der Waals surface area contributed by atoms with E-state index in [2.05, 4.69) is 16.4 Å². The predicted octanol–water partition coefficient (Wildman–Crippen LogP) is 4.41. The third kappa shape index (κ3) is 3.80. The molecule has 3 aromatic carbocycles. The Morgan fingerprint density at radius 2 is 1.76 bits per heavy atom. The Morgan fingerprint density at radius 1 is 1.03 bits per heavy atom. The average molecular weight is 472 g/mol. The smallest absolute Gasteiger partial charge is 0.270 e. The van der Waals surface area contributed by atoms with Gasteiger partial charge in [0.1, 0.15) is 11.6 Å². The number of aromatic nitrogens is 1. The van der Waals surface area contributed by atoms with Gasteiger partial charge in [-0.15, -0.1) is 11.3 Å². The number of nitrogens with zero attached hydrogens (tertiary/aromatic N) is 3. The van der Waals surface area contributed by atoms with Crippen molar-refractivity contribution in [3.8, 4) is 10.6 Å². The van der Waals surface area contributed by atoms with Crippen LogP contribution in [-0.4, -0.2) is 39.1 Å². The summed E-state index contributed by atoms with van der Waals surface area (Å²) in [6.45, 7) is 1.53. The highest BCUT2D eigenvalue weighted by molar-refractivity contribution is 7.21. The van der Waals surface area contributed by atoms with E-state index in [1.54, 1.807) is 23.5 Å². The highest BCUT2D eigenvalue weighted by Crippen LogP contribution is 2.31. The van der Waals surface area contributed by atoms with Crippen LogP contribution in [0, 0.1) is 17.0 Å². The number of imide groups is 1. The summed E-state index contributed by atoms with van der Waals surface area (Å²) in [5.41, 5.74) is 3.15. The van der Waals surface area contributed by atoms with E-state index < -0.39 is 29.2 Å². The molecule has 0 aliphatic carbocycles. The number of thiazole rings is 1. The van der Waals surface area contributed by atoms with E-state index in [9.17, 15) is 24.5 Å². The maximum atomic E-state index is 12.6. The molecular weight excluding hydrogens is 456 g/mol. The van der Waals surface area contributed by atoms with Crippen LogP contribution in [0.2, 0.25) is 0 Å². The number of rotatable bonds is 5. The molecule has 0 fully saturated rings. The number of amides is 3. The van der Waals surface area contributed by atoms with Gasteiger partial charge in [0, 0.05) is 23.4 Å². The van der Waals surface area contributed by atoms with Gasteiger partial charge in [-0.1, -0.05) is 6.07 Å². The molecule has 10 heteroatoms. The van der Waals surface area contributed by atoms with Gasteiger partial charge in [-0.3, -0.25) is 29.4 Å². The Hall–Kier alpha value is -4.44. The summed E-state index contributed by atoms with van der Waals surface area (Å²) in [4.78, 5) is 53.3. The molecular formula is C24H16N4O5S. The summed E-state index contributed by atoms with van der Waals surface area (Å²) in [7, 11) is 0. The number of hydrogen-bond donors (Lipinski definition) is 1. The lowest BCUT2D eigenvalue weighted by Gasteiger charge is -2.13. The molecule has 168 valence electrons. The maximum Gasteiger partial charge on any atom is 0.270 e. The number of anilines is 1. The van der Waals surface area contributed by atoms with Gasteiger partial charge < -0.3 is 5.32 Å². The second-order valence-corrected chi connectivity index (χ2v) is 8.83. The third-order valence-electron chi connectivity index (χ3n) is 5.43. The summed E-state index contributed by atoms with van der Waals surface area (Å²) in [5, 5.41) is 14.5. The molecule has 4 aromatic rings. The monoisotopic (exact) mass is 472 g/mol. The fourth-order valence-electron chi connectivity index (χ4n) is 3.73. The molecule has 1 aliphatic rings. The standard InChI is InChI=1S/C24H16N4O5S/c1-13-2-9-19-20(10-13)34-22(26-19)14-3-5-15(6-4-14)25-21(29)12-27-23(30)17-8-7-16(28(32)33)11-18(17)24(27)31/h2-11H,12H2,1H3,(H,25,29). The number of fused-ring (bicyclic) bond motifs is 2. The fraction of sp³-hybridized carbons (Fsp3) is 0.0833. The van der Waals surface area contributed by atoms with Gasteiger partial charge in [-0.05, 0) is 55.0 Å². The zero-order valence-corrected chi connectivity index (χ0v) is 18.6. The van der Waals surface area contributed by atoms with Crippen LogP contribution in [0.3, 0.4) is 0 Å². The molecule has 0 spiro atoms. The largest absolute Gasteiger partial charge is 0.325 e. The van der Waals surface area contributed by atoms with Crippen molar-refractivity contribution in [2.24, 2.45) is 0 Å². The lowest BCUT2D eigenvalue weighted by atomic mass is 10.1. The van der Waals surface area contributed by atoms with Crippen molar-refractivity contribution in [1.29, 1.82) is 0 Å². The second kappa shape index (κ2) is 8.16. The van der Waals surface area contributed by atoms with Gasteiger partial charge in [-0.2, -0.15) is 0 Å². The zero-order chi connectivity index (χ0) is 24.0. The van der Waals surface area contributed by atoms with Crippen LogP contribution in [0.4, 0.5) is 11.4 Å². The molecule has 0 saturated heterocycles. The van der Waals surface area contributed by atoms with Gasteiger partial charge in [0.05, 0.1) is 26.3 Å². The van der Waals surface area contributed by atoms with Crippen molar-refractivity contribution >= 4 is 50.6 Å². The highest BCUT2D eigenvalue weighted by atomic mass is 32.1. The number of aryl methyl sites for hydroxylation is 1. The van der Waals surface area contributed by atoms with Crippen molar-refractivity contribution in [1.82, 2.24) is 9.88 Å². The Labute approximate surface area is 196 Å². The SMILES string of the molecule is Cc1ccc2nc(-c3ccc(NC(=O)CN4C(=O)c5ccc([N+](=O)[O-])cc5C4=O)cc3)sc2c1. The van der Waals surface area contributed by atoms with Crippen LogP contribution >= 0.6 is 11.3 Å². The summed E-state index contributed by atoms with van der Waals surface area (Å²) in [6.07, 6.45) is 0. The number of non-ortho nitro benzene ring substituents is 1. The van der Waals surface area contributed by atoms with Crippen LogP contribution in [0.25, 0.3) is 20.8 Å². The first kappa shape index (κ1) is 21.4. The molecule has 5 rings (SSSR count). The second-order valence-electron chi connectivity index (χ2n) is 7.80. The normalized spacial score (nSPS) is 12.8.